The van der Waals surface area contributed by atoms with E-state index in [1.165, 1.54) is 43.3 Å². The highest BCUT2D eigenvalue weighted by Gasteiger charge is 2.50. The average molecular weight is 429 g/mol. The van der Waals surface area contributed by atoms with Crippen LogP contribution in [0.15, 0.2) is 47.6 Å². The zero-order chi connectivity index (χ0) is 23.0. The first-order valence-electron chi connectivity index (χ1n) is 12.2. The standard InChI is InChI=1S/C28H44O3/c1-19-9-12-23(29)18-22(19)11-10-21-8-7-16-27(5)24(13-14-25(21)27)20(2)15-17-28(6,31)26(3,4)30/h10-11,15,17,20,23-25,29-31H,1,7-9,12-14,16,18H2,2-6H3. The average Bonchev–Trinajstić information content (AvgIpc) is 3.03. The largest absolute Gasteiger partial charge is 0.393 e. The van der Waals surface area contributed by atoms with Gasteiger partial charge in [-0.15, -0.1) is 0 Å². The van der Waals surface area contributed by atoms with Crippen LogP contribution in [0.3, 0.4) is 0 Å². The van der Waals surface area contributed by atoms with E-state index in [2.05, 4.69) is 38.7 Å². The van der Waals surface area contributed by atoms with Gasteiger partial charge in [0, 0.05) is 0 Å². The van der Waals surface area contributed by atoms with E-state index in [9.17, 15) is 15.3 Å². The predicted molar refractivity (Wildman–Crippen MR) is 129 cm³/mol. The van der Waals surface area contributed by atoms with Gasteiger partial charge in [-0.3, -0.25) is 0 Å². The molecule has 0 spiro atoms. The Balaban J connectivity index is 1.77. The first-order valence-corrected chi connectivity index (χ1v) is 12.2. The van der Waals surface area contributed by atoms with Crippen LogP contribution in [0.4, 0.5) is 0 Å². The molecule has 174 valence electrons. The Morgan fingerprint density at radius 2 is 1.81 bits per heavy atom. The lowest BCUT2D eigenvalue weighted by molar-refractivity contribution is -0.0886. The fraction of sp³-hybridized carbons (Fsp3) is 0.714. The van der Waals surface area contributed by atoms with Gasteiger partial charge in [-0.25, -0.2) is 0 Å². The highest BCUT2D eigenvalue weighted by atomic mass is 16.3. The molecule has 3 rings (SSSR count). The molecule has 31 heavy (non-hydrogen) atoms. The lowest BCUT2D eigenvalue weighted by Crippen LogP contribution is -2.46. The zero-order valence-corrected chi connectivity index (χ0v) is 20.3. The van der Waals surface area contributed by atoms with Crippen molar-refractivity contribution in [2.24, 2.45) is 23.2 Å². The molecule has 0 aromatic heterocycles. The molecule has 3 heteroatoms. The molecule has 0 saturated heterocycles. The van der Waals surface area contributed by atoms with E-state index in [0.29, 0.717) is 17.8 Å². The van der Waals surface area contributed by atoms with Crippen molar-refractivity contribution in [2.45, 2.75) is 103 Å². The lowest BCUT2D eigenvalue weighted by atomic mass is 9.61. The van der Waals surface area contributed by atoms with Gasteiger partial charge < -0.3 is 15.3 Å². The van der Waals surface area contributed by atoms with Gasteiger partial charge in [0.25, 0.3) is 0 Å². The molecule has 0 radical (unpaired) electrons. The molecule has 0 amide bonds. The summed E-state index contributed by atoms with van der Waals surface area (Å²) < 4.78 is 0. The maximum absolute atomic E-state index is 10.6. The smallest absolute Gasteiger partial charge is 0.108 e. The van der Waals surface area contributed by atoms with Crippen molar-refractivity contribution in [1.29, 1.82) is 0 Å². The van der Waals surface area contributed by atoms with Gasteiger partial charge in [0.05, 0.1) is 11.7 Å². The van der Waals surface area contributed by atoms with Gasteiger partial charge in [-0.1, -0.05) is 55.9 Å². The third-order valence-corrected chi connectivity index (χ3v) is 8.82. The van der Waals surface area contributed by atoms with E-state index < -0.39 is 11.2 Å². The molecule has 3 N–H and O–H groups in total. The summed E-state index contributed by atoms with van der Waals surface area (Å²) in [5, 5.41) is 30.9. The molecule has 3 aliphatic rings. The monoisotopic (exact) mass is 428 g/mol. The molecule has 0 aromatic rings. The summed E-state index contributed by atoms with van der Waals surface area (Å²) in [5.74, 6) is 1.54. The summed E-state index contributed by atoms with van der Waals surface area (Å²) in [4.78, 5) is 0. The molecule has 3 saturated carbocycles. The second kappa shape index (κ2) is 9.00. The molecule has 3 nitrogen and oxygen atoms in total. The van der Waals surface area contributed by atoms with Crippen molar-refractivity contribution >= 4 is 0 Å². The number of aliphatic hydroxyl groups excluding tert-OH is 1. The third-order valence-electron chi connectivity index (χ3n) is 8.82. The Morgan fingerprint density at radius 3 is 2.48 bits per heavy atom. The third kappa shape index (κ3) is 5.10. The van der Waals surface area contributed by atoms with Crippen LogP contribution >= 0.6 is 0 Å². The topological polar surface area (TPSA) is 60.7 Å². The van der Waals surface area contributed by atoms with Crippen molar-refractivity contribution in [2.75, 3.05) is 0 Å². The second-order valence-corrected chi connectivity index (χ2v) is 11.5. The Hall–Kier alpha value is -1.16. The quantitative estimate of drug-likeness (QED) is 0.480. The Morgan fingerprint density at radius 1 is 1.10 bits per heavy atom. The van der Waals surface area contributed by atoms with Gasteiger partial charge in [0.1, 0.15) is 5.60 Å². The van der Waals surface area contributed by atoms with Crippen LogP contribution in [0.25, 0.3) is 0 Å². The van der Waals surface area contributed by atoms with E-state index in [4.69, 9.17) is 0 Å². The summed E-state index contributed by atoms with van der Waals surface area (Å²) in [5.41, 5.74) is 1.83. The molecule has 0 aliphatic heterocycles. The summed E-state index contributed by atoms with van der Waals surface area (Å²) in [6, 6.07) is 0. The minimum Gasteiger partial charge on any atom is -0.393 e. The zero-order valence-electron chi connectivity index (χ0n) is 20.3. The van der Waals surface area contributed by atoms with Gasteiger partial charge in [-0.2, -0.15) is 0 Å². The minimum atomic E-state index is -1.24. The molecule has 3 fully saturated rings. The van der Waals surface area contributed by atoms with Crippen LogP contribution in [0.2, 0.25) is 0 Å². The molecule has 0 aromatic carbocycles. The number of fused-ring (bicyclic) bond motifs is 1. The highest BCUT2D eigenvalue weighted by Crippen LogP contribution is 2.59. The molecule has 0 bridgehead atoms. The number of hydrogen-bond donors (Lipinski definition) is 3. The van der Waals surface area contributed by atoms with Gasteiger partial charge in [0.2, 0.25) is 0 Å². The number of allylic oxidation sites excluding steroid dienone is 5. The van der Waals surface area contributed by atoms with Crippen molar-refractivity contribution < 1.29 is 15.3 Å². The first-order chi connectivity index (χ1) is 14.3. The van der Waals surface area contributed by atoms with Crippen LogP contribution in [-0.4, -0.2) is 32.6 Å². The van der Waals surface area contributed by atoms with E-state index in [1.807, 2.05) is 0 Å². The Labute approximate surface area is 189 Å². The van der Waals surface area contributed by atoms with Crippen molar-refractivity contribution in [3.8, 4) is 0 Å². The maximum atomic E-state index is 10.6. The van der Waals surface area contributed by atoms with Gasteiger partial charge in [-0.05, 0) is 101 Å². The highest BCUT2D eigenvalue weighted by molar-refractivity contribution is 5.36. The number of hydrogen-bond acceptors (Lipinski definition) is 3. The van der Waals surface area contributed by atoms with Crippen LogP contribution in [0.1, 0.15) is 86.0 Å². The molecule has 0 heterocycles. The van der Waals surface area contributed by atoms with Crippen LogP contribution in [0.5, 0.6) is 0 Å². The Bertz CT molecular complexity index is 764. The minimum absolute atomic E-state index is 0.226. The second-order valence-electron chi connectivity index (χ2n) is 11.5. The van der Waals surface area contributed by atoms with Crippen LogP contribution in [0, 0.1) is 23.2 Å². The predicted octanol–water partition coefficient (Wildman–Crippen LogP) is 5.87. The van der Waals surface area contributed by atoms with E-state index in [1.54, 1.807) is 32.4 Å². The molecule has 3 aliphatic carbocycles. The maximum Gasteiger partial charge on any atom is 0.108 e. The Kier molecular flexibility index (Phi) is 7.11. The normalized spacial score (nSPS) is 37.9. The first kappa shape index (κ1) is 24.5. The number of rotatable bonds is 5. The van der Waals surface area contributed by atoms with E-state index in [-0.39, 0.29) is 11.5 Å². The summed E-state index contributed by atoms with van der Waals surface area (Å²) in [6.45, 7) is 13.9. The van der Waals surface area contributed by atoms with E-state index in [0.717, 1.165) is 19.3 Å². The molecular formula is C28H44O3. The van der Waals surface area contributed by atoms with Gasteiger partial charge in [0.15, 0.2) is 0 Å². The fourth-order valence-electron chi connectivity index (χ4n) is 6.22. The van der Waals surface area contributed by atoms with Crippen LogP contribution < -0.4 is 0 Å². The lowest BCUT2D eigenvalue weighted by Gasteiger charge is -2.44. The SMILES string of the molecule is C=C1CCC(O)CC1=CC=C1CCCC2(C)C1CCC2C(C)C=CC(C)(O)C(C)(C)O. The summed E-state index contributed by atoms with van der Waals surface area (Å²) in [7, 11) is 0. The van der Waals surface area contributed by atoms with Crippen molar-refractivity contribution in [3.63, 3.8) is 0 Å². The van der Waals surface area contributed by atoms with Crippen LogP contribution in [-0.2, 0) is 0 Å². The van der Waals surface area contributed by atoms with Crippen molar-refractivity contribution in [1.82, 2.24) is 0 Å². The number of aliphatic hydroxyl groups is 3. The molecular weight excluding hydrogens is 384 g/mol. The van der Waals surface area contributed by atoms with Gasteiger partial charge >= 0.3 is 0 Å². The summed E-state index contributed by atoms with van der Waals surface area (Å²) in [6.07, 6.45) is 16.8. The van der Waals surface area contributed by atoms with E-state index >= 15 is 0 Å². The fourth-order valence-corrected chi connectivity index (χ4v) is 6.22. The molecule has 6 atom stereocenters. The molecule has 6 unspecified atom stereocenters. The summed E-state index contributed by atoms with van der Waals surface area (Å²) >= 11 is 0. The van der Waals surface area contributed by atoms with Crippen molar-refractivity contribution in [3.05, 3.63) is 47.6 Å².